The van der Waals surface area contributed by atoms with Crippen molar-refractivity contribution in [3.05, 3.63) is 0 Å². The maximum absolute atomic E-state index is 3.64. The first-order valence-electron chi connectivity index (χ1n) is 10.1. The minimum atomic E-state index is 0. The van der Waals surface area contributed by atoms with Crippen molar-refractivity contribution in [3.8, 4) is 0 Å². The van der Waals surface area contributed by atoms with Gasteiger partial charge in [0.1, 0.15) is 0 Å². The third kappa shape index (κ3) is 22.4. The summed E-state index contributed by atoms with van der Waals surface area (Å²) < 4.78 is 0. The Bertz CT molecular complexity index is 278. The normalized spacial score (nSPS) is 16.9. The van der Waals surface area contributed by atoms with Crippen molar-refractivity contribution < 1.29 is 0 Å². The van der Waals surface area contributed by atoms with Gasteiger partial charge in [0.05, 0.1) is 0 Å². The van der Waals surface area contributed by atoms with E-state index in [4.69, 9.17) is 0 Å². The molecule has 0 heterocycles. The highest BCUT2D eigenvalue weighted by molar-refractivity contribution is 8.93. The molecule has 0 aromatic heterocycles. The van der Waals surface area contributed by atoms with E-state index in [9.17, 15) is 0 Å². The molecule has 0 spiro atoms. The SMILES string of the molecule is Br.Br.Br.Br.C.CC(CCNCCCNCCC(C)NCC1CC1)NCC1CC1. The van der Waals surface area contributed by atoms with Crippen molar-refractivity contribution >= 4 is 67.9 Å². The summed E-state index contributed by atoms with van der Waals surface area (Å²) in [4.78, 5) is 0. The number of nitrogens with one attached hydrogen (secondary N) is 4. The second kappa shape index (κ2) is 23.4. The van der Waals surface area contributed by atoms with Crippen molar-refractivity contribution in [1.82, 2.24) is 21.3 Å². The zero-order valence-electron chi connectivity index (χ0n) is 17.1. The highest BCUT2D eigenvalue weighted by Gasteiger charge is 2.21. The Morgan fingerprint density at radius 2 is 1.00 bits per heavy atom. The van der Waals surface area contributed by atoms with Crippen LogP contribution in [0.2, 0.25) is 0 Å². The fourth-order valence-corrected chi connectivity index (χ4v) is 2.81. The Hall–Kier alpha value is 1.76. The zero-order valence-corrected chi connectivity index (χ0v) is 24.0. The largest absolute Gasteiger partial charge is 0.317 e. The van der Waals surface area contributed by atoms with Gasteiger partial charge in [-0.25, -0.2) is 0 Å². The average Bonchev–Trinajstić information content (AvgIpc) is 3.43. The molecule has 0 radical (unpaired) electrons. The second-order valence-corrected chi connectivity index (χ2v) is 7.94. The van der Waals surface area contributed by atoms with Crippen molar-refractivity contribution in [2.45, 2.75) is 78.3 Å². The van der Waals surface area contributed by atoms with E-state index >= 15 is 0 Å². The minimum Gasteiger partial charge on any atom is -0.317 e. The number of rotatable bonds is 16. The van der Waals surface area contributed by atoms with E-state index in [1.165, 1.54) is 58.0 Å². The summed E-state index contributed by atoms with van der Waals surface area (Å²) in [6.45, 7) is 11.6. The molecule has 0 aliphatic heterocycles. The van der Waals surface area contributed by atoms with Gasteiger partial charge in [-0.3, -0.25) is 0 Å². The predicted octanol–water partition coefficient (Wildman–Crippen LogP) is 5.06. The van der Waals surface area contributed by atoms with Crippen LogP contribution in [0.5, 0.6) is 0 Å². The molecule has 0 bridgehead atoms. The van der Waals surface area contributed by atoms with E-state index in [2.05, 4.69) is 35.1 Å². The molecule has 176 valence electrons. The first kappa shape index (κ1) is 37.1. The Kier molecular flexibility index (Phi) is 31.0. The number of hydrogen-bond acceptors (Lipinski definition) is 4. The molecule has 4 nitrogen and oxygen atoms in total. The summed E-state index contributed by atoms with van der Waals surface area (Å²) in [5.41, 5.74) is 0. The van der Waals surface area contributed by atoms with E-state index in [0.29, 0.717) is 12.1 Å². The molecule has 2 saturated carbocycles. The smallest absolute Gasteiger partial charge is 0.00509 e. The molecule has 2 fully saturated rings. The lowest BCUT2D eigenvalue weighted by molar-refractivity contribution is 0.468. The highest BCUT2D eigenvalue weighted by Crippen LogP contribution is 2.28. The number of halogens is 4. The maximum atomic E-state index is 3.64. The van der Waals surface area contributed by atoms with E-state index in [-0.39, 0.29) is 75.4 Å². The summed E-state index contributed by atoms with van der Waals surface area (Å²) >= 11 is 0. The lowest BCUT2D eigenvalue weighted by atomic mass is 10.2. The Morgan fingerprint density at radius 1 is 0.643 bits per heavy atom. The lowest BCUT2D eigenvalue weighted by Gasteiger charge is -2.15. The second-order valence-electron chi connectivity index (χ2n) is 7.94. The van der Waals surface area contributed by atoms with Crippen LogP contribution in [0.1, 0.15) is 66.2 Å². The predicted molar refractivity (Wildman–Crippen MR) is 148 cm³/mol. The third-order valence-electron chi connectivity index (χ3n) is 5.12. The summed E-state index contributed by atoms with van der Waals surface area (Å²) in [5, 5.41) is 14.4. The summed E-state index contributed by atoms with van der Waals surface area (Å²) in [7, 11) is 0. The van der Waals surface area contributed by atoms with Crippen molar-refractivity contribution in [2.24, 2.45) is 11.8 Å². The highest BCUT2D eigenvalue weighted by atomic mass is 79.9. The van der Waals surface area contributed by atoms with Crippen molar-refractivity contribution in [2.75, 3.05) is 39.3 Å². The van der Waals surface area contributed by atoms with Gasteiger partial charge >= 0.3 is 0 Å². The Labute approximate surface area is 217 Å². The summed E-state index contributed by atoms with van der Waals surface area (Å²) in [6.07, 6.45) is 9.49. The van der Waals surface area contributed by atoms with Gasteiger partial charge in [-0.2, -0.15) is 0 Å². The molecular formula is C20H48Br4N4. The fraction of sp³-hybridized carbons (Fsp3) is 1.00. The molecule has 8 heteroatoms. The molecule has 2 rings (SSSR count). The number of hydrogen-bond donors (Lipinski definition) is 4. The van der Waals surface area contributed by atoms with Gasteiger partial charge in [0, 0.05) is 12.1 Å². The van der Waals surface area contributed by atoms with Crippen molar-refractivity contribution in [3.63, 3.8) is 0 Å². The van der Waals surface area contributed by atoms with Gasteiger partial charge in [0.25, 0.3) is 0 Å². The van der Waals surface area contributed by atoms with Crippen LogP contribution in [-0.4, -0.2) is 51.4 Å². The Morgan fingerprint density at radius 3 is 1.32 bits per heavy atom. The van der Waals surface area contributed by atoms with E-state index in [1.807, 2.05) is 0 Å². The lowest BCUT2D eigenvalue weighted by Crippen LogP contribution is -2.33. The van der Waals surface area contributed by atoms with Crippen LogP contribution in [0.25, 0.3) is 0 Å². The molecule has 2 aliphatic rings. The topological polar surface area (TPSA) is 48.1 Å². The van der Waals surface area contributed by atoms with E-state index in [1.54, 1.807) is 0 Å². The van der Waals surface area contributed by atoms with Gasteiger partial charge in [0.15, 0.2) is 0 Å². The molecule has 0 aromatic rings. The van der Waals surface area contributed by atoms with Crippen LogP contribution < -0.4 is 21.3 Å². The maximum Gasteiger partial charge on any atom is 0.00509 e. The van der Waals surface area contributed by atoms with Crippen LogP contribution in [0.4, 0.5) is 0 Å². The van der Waals surface area contributed by atoms with Gasteiger partial charge in [-0.15, -0.1) is 67.9 Å². The van der Waals surface area contributed by atoms with Gasteiger partial charge in [0.2, 0.25) is 0 Å². The first-order chi connectivity index (χ1) is 11.2. The molecular weight excluding hydrogens is 616 g/mol. The quantitative estimate of drug-likeness (QED) is 0.175. The third-order valence-corrected chi connectivity index (χ3v) is 5.12. The molecule has 2 aliphatic carbocycles. The first-order valence-corrected chi connectivity index (χ1v) is 10.1. The van der Waals surface area contributed by atoms with Crippen LogP contribution in [0.15, 0.2) is 0 Å². The summed E-state index contributed by atoms with van der Waals surface area (Å²) in [5.74, 6) is 1.98. The van der Waals surface area contributed by atoms with Gasteiger partial charge in [-0.05, 0) is 110 Å². The average molecular weight is 664 g/mol. The molecule has 0 amide bonds. The van der Waals surface area contributed by atoms with E-state index < -0.39 is 0 Å². The van der Waals surface area contributed by atoms with Gasteiger partial charge < -0.3 is 21.3 Å². The molecule has 0 saturated heterocycles. The molecule has 4 N–H and O–H groups in total. The van der Waals surface area contributed by atoms with Gasteiger partial charge in [-0.1, -0.05) is 7.43 Å². The molecule has 28 heavy (non-hydrogen) atoms. The summed E-state index contributed by atoms with van der Waals surface area (Å²) in [6, 6.07) is 1.32. The van der Waals surface area contributed by atoms with E-state index in [0.717, 1.165) is 38.0 Å². The Balaban J connectivity index is -0.000000576. The molecule has 2 atom stereocenters. The zero-order chi connectivity index (χ0) is 16.3. The molecule has 0 aromatic carbocycles. The molecule has 2 unspecified atom stereocenters. The van der Waals surface area contributed by atoms with Crippen LogP contribution in [0, 0.1) is 11.8 Å². The minimum absolute atomic E-state index is 0. The van der Waals surface area contributed by atoms with Crippen LogP contribution >= 0.6 is 67.9 Å². The standard InChI is InChI=1S/C19H40N4.CH4.4BrH/c1-16(22-14-18-4-5-18)8-12-20-10-3-11-21-13-9-17(2)23-15-19-6-7-19;;;;;/h16-23H,3-15H2,1-2H3;1H4;4*1H. The van der Waals surface area contributed by atoms with Crippen molar-refractivity contribution in [1.29, 1.82) is 0 Å². The monoisotopic (exact) mass is 660 g/mol. The van der Waals surface area contributed by atoms with Crippen LogP contribution in [0.3, 0.4) is 0 Å². The van der Waals surface area contributed by atoms with Crippen LogP contribution in [-0.2, 0) is 0 Å². The fourth-order valence-electron chi connectivity index (χ4n) is 2.81.